The molecule has 0 radical (unpaired) electrons. The summed E-state index contributed by atoms with van der Waals surface area (Å²) in [4.78, 5) is 24.2. The van der Waals surface area contributed by atoms with Gasteiger partial charge in [-0.15, -0.1) is 0 Å². The van der Waals surface area contributed by atoms with Crippen molar-refractivity contribution in [1.29, 1.82) is 0 Å². The first kappa shape index (κ1) is 25.8. The third-order valence-corrected chi connectivity index (χ3v) is 4.92. The van der Waals surface area contributed by atoms with Gasteiger partial charge in [0, 0.05) is 18.4 Å². The Kier molecular flexibility index (Phi) is 8.93. The molecule has 6 nitrogen and oxygen atoms in total. The largest absolute Gasteiger partial charge is 0.507 e. The number of unbranched alkanes of at least 4 members (excludes halogenated alkanes) is 1. The van der Waals surface area contributed by atoms with Crippen molar-refractivity contribution in [3.8, 4) is 29.1 Å². The molecule has 33 heavy (non-hydrogen) atoms. The van der Waals surface area contributed by atoms with Crippen LogP contribution < -0.4 is 9.47 Å². The molecule has 2 aromatic rings. The van der Waals surface area contributed by atoms with Crippen molar-refractivity contribution in [2.24, 2.45) is 5.41 Å². The lowest BCUT2D eigenvalue weighted by atomic mass is 9.87. The Balaban J connectivity index is 1.97. The first-order chi connectivity index (χ1) is 15.6. The number of carbonyl (C=O) groups excluding carboxylic acids is 2. The van der Waals surface area contributed by atoms with Gasteiger partial charge in [0.1, 0.15) is 17.2 Å². The number of benzene rings is 2. The summed E-state index contributed by atoms with van der Waals surface area (Å²) in [5.41, 5.74) is 1.73. The van der Waals surface area contributed by atoms with E-state index in [0.29, 0.717) is 59.6 Å². The minimum atomic E-state index is -0.432. The zero-order valence-corrected chi connectivity index (χ0v) is 20.2. The maximum absolute atomic E-state index is 12.5. The van der Waals surface area contributed by atoms with Crippen LogP contribution in [0.15, 0.2) is 30.3 Å². The van der Waals surface area contributed by atoms with Crippen molar-refractivity contribution in [2.45, 2.75) is 47.0 Å². The number of phenolic OH excluding ortho intramolecular Hbond substituents is 1. The van der Waals surface area contributed by atoms with Crippen molar-refractivity contribution in [2.75, 3.05) is 20.8 Å². The van der Waals surface area contributed by atoms with Gasteiger partial charge >= 0.3 is 5.97 Å². The Labute approximate surface area is 195 Å². The molecule has 0 fully saturated rings. The summed E-state index contributed by atoms with van der Waals surface area (Å²) >= 11 is 0. The molecular weight excluding hydrogens is 420 g/mol. The Morgan fingerprint density at radius 1 is 1.06 bits per heavy atom. The Hall–Kier alpha value is -3.46. The molecule has 0 spiro atoms. The lowest BCUT2D eigenvalue weighted by Crippen LogP contribution is -2.13. The van der Waals surface area contributed by atoms with Crippen LogP contribution in [0.25, 0.3) is 0 Å². The van der Waals surface area contributed by atoms with Crippen LogP contribution in [0.4, 0.5) is 0 Å². The second-order valence-corrected chi connectivity index (χ2v) is 8.91. The van der Waals surface area contributed by atoms with Crippen molar-refractivity contribution in [3.05, 3.63) is 52.6 Å². The van der Waals surface area contributed by atoms with Gasteiger partial charge in [0.05, 0.1) is 37.5 Å². The smallest absolute Gasteiger partial charge is 0.337 e. The Morgan fingerprint density at radius 2 is 1.76 bits per heavy atom. The number of esters is 1. The van der Waals surface area contributed by atoms with Gasteiger partial charge in [-0.1, -0.05) is 32.6 Å². The highest BCUT2D eigenvalue weighted by Crippen LogP contribution is 2.33. The maximum atomic E-state index is 12.5. The van der Waals surface area contributed by atoms with E-state index in [2.05, 4.69) is 11.8 Å². The highest BCUT2D eigenvalue weighted by Gasteiger charge is 2.21. The van der Waals surface area contributed by atoms with E-state index < -0.39 is 5.97 Å². The molecule has 0 aliphatic heterocycles. The van der Waals surface area contributed by atoms with Gasteiger partial charge in [0.2, 0.25) is 0 Å². The number of methoxy groups -OCH3 is 2. The van der Waals surface area contributed by atoms with Crippen LogP contribution in [0.3, 0.4) is 0 Å². The zero-order chi connectivity index (χ0) is 24.6. The summed E-state index contributed by atoms with van der Waals surface area (Å²) in [7, 11) is 2.88. The summed E-state index contributed by atoms with van der Waals surface area (Å²) in [6, 6.07) is 8.29. The van der Waals surface area contributed by atoms with Crippen LogP contribution in [0, 0.1) is 24.2 Å². The number of rotatable bonds is 8. The van der Waals surface area contributed by atoms with E-state index in [1.165, 1.54) is 7.11 Å². The van der Waals surface area contributed by atoms with Crippen LogP contribution >= 0.6 is 0 Å². The molecule has 0 saturated carbocycles. The second kappa shape index (κ2) is 11.4. The highest BCUT2D eigenvalue weighted by atomic mass is 16.5. The lowest BCUT2D eigenvalue weighted by molar-refractivity contribution is 0.0600. The van der Waals surface area contributed by atoms with Gasteiger partial charge in [-0.25, -0.2) is 4.79 Å². The summed E-state index contributed by atoms with van der Waals surface area (Å²) in [6.45, 7) is 8.10. The quantitative estimate of drug-likeness (QED) is 0.252. The fraction of sp³-hybridized carbons (Fsp3) is 0.407. The van der Waals surface area contributed by atoms with Crippen molar-refractivity contribution >= 4 is 11.8 Å². The summed E-state index contributed by atoms with van der Waals surface area (Å²) in [5.74, 6) is 6.66. The highest BCUT2D eigenvalue weighted by molar-refractivity contribution is 5.99. The number of aromatic hydroxyl groups is 1. The van der Waals surface area contributed by atoms with Crippen LogP contribution in [0.2, 0.25) is 0 Å². The van der Waals surface area contributed by atoms with Gasteiger partial charge in [-0.3, -0.25) is 4.79 Å². The minimum absolute atomic E-state index is 0.0286. The predicted octanol–water partition coefficient (Wildman–Crippen LogP) is 5.33. The molecular formula is C27H32O6. The van der Waals surface area contributed by atoms with Crippen LogP contribution in [-0.4, -0.2) is 37.7 Å². The van der Waals surface area contributed by atoms with Gasteiger partial charge in [-0.2, -0.15) is 0 Å². The van der Waals surface area contributed by atoms with Gasteiger partial charge in [0.15, 0.2) is 5.78 Å². The molecule has 0 aliphatic rings. The van der Waals surface area contributed by atoms with Crippen molar-refractivity contribution in [3.63, 3.8) is 0 Å². The molecule has 0 saturated heterocycles. The fourth-order valence-corrected chi connectivity index (χ4v) is 3.19. The molecule has 2 rings (SSSR count). The number of phenols is 1. The maximum Gasteiger partial charge on any atom is 0.337 e. The summed E-state index contributed by atoms with van der Waals surface area (Å²) in [5, 5.41) is 10.5. The van der Waals surface area contributed by atoms with E-state index in [-0.39, 0.29) is 16.9 Å². The van der Waals surface area contributed by atoms with Crippen molar-refractivity contribution in [1.82, 2.24) is 0 Å². The Morgan fingerprint density at radius 3 is 2.39 bits per heavy atom. The molecule has 176 valence electrons. The van der Waals surface area contributed by atoms with Gasteiger partial charge < -0.3 is 19.3 Å². The molecule has 2 aromatic carbocycles. The molecule has 1 N–H and O–H groups in total. The number of ketones is 1. The normalized spacial score (nSPS) is 10.7. The topological polar surface area (TPSA) is 82.1 Å². The van der Waals surface area contributed by atoms with E-state index in [4.69, 9.17) is 14.2 Å². The van der Waals surface area contributed by atoms with E-state index in [9.17, 15) is 14.7 Å². The SMILES string of the molecule is COC(=O)c1ccc(OC)c(C#CCCCOc2ccc(C(=O)CC(C)(C)C)c(O)c2C)c1. The fourth-order valence-electron chi connectivity index (χ4n) is 3.19. The molecule has 0 atom stereocenters. The minimum Gasteiger partial charge on any atom is -0.507 e. The van der Waals surface area contributed by atoms with Gasteiger partial charge in [-0.05, 0) is 49.1 Å². The average molecular weight is 453 g/mol. The monoisotopic (exact) mass is 452 g/mol. The third-order valence-electron chi connectivity index (χ3n) is 4.92. The molecule has 0 heterocycles. The first-order valence-corrected chi connectivity index (χ1v) is 10.8. The molecule has 0 unspecified atom stereocenters. The van der Waals surface area contributed by atoms with Crippen molar-refractivity contribution < 1.29 is 28.9 Å². The molecule has 0 aromatic heterocycles. The lowest BCUT2D eigenvalue weighted by Gasteiger charge is -2.18. The van der Waals surface area contributed by atoms with Gasteiger partial charge in [0.25, 0.3) is 0 Å². The van der Waals surface area contributed by atoms with E-state index >= 15 is 0 Å². The number of hydrogen-bond acceptors (Lipinski definition) is 6. The van der Waals surface area contributed by atoms with E-state index in [1.807, 2.05) is 20.8 Å². The third kappa shape index (κ3) is 7.28. The van der Waals surface area contributed by atoms with Crippen LogP contribution in [0.5, 0.6) is 17.2 Å². The van der Waals surface area contributed by atoms with Crippen LogP contribution in [-0.2, 0) is 4.74 Å². The zero-order valence-electron chi connectivity index (χ0n) is 20.2. The number of Topliss-reactive ketones (excluding diaryl/α,β-unsaturated/α-hetero) is 1. The molecule has 6 heteroatoms. The first-order valence-electron chi connectivity index (χ1n) is 10.8. The summed E-state index contributed by atoms with van der Waals surface area (Å²) in [6.07, 6.45) is 1.59. The van der Waals surface area contributed by atoms with E-state index in [0.717, 1.165) is 0 Å². The number of ether oxygens (including phenoxy) is 3. The Bertz CT molecular complexity index is 1070. The molecule has 0 aliphatic carbocycles. The average Bonchev–Trinajstić information content (AvgIpc) is 2.76. The number of hydrogen-bond donors (Lipinski definition) is 1. The van der Waals surface area contributed by atoms with E-state index in [1.54, 1.807) is 44.4 Å². The molecule has 0 amide bonds. The van der Waals surface area contributed by atoms with Crippen LogP contribution in [0.1, 0.15) is 71.9 Å². The molecule has 0 bridgehead atoms. The predicted molar refractivity (Wildman–Crippen MR) is 127 cm³/mol. The second-order valence-electron chi connectivity index (χ2n) is 8.91. The summed E-state index contributed by atoms with van der Waals surface area (Å²) < 4.78 is 15.8. The number of carbonyl (C=O) groups is 2. The standard InChI is InChI=1S/C27H32O6/c1-18-23(14-12-21(25(18)29)22(28)17-27(2,3)4)33-15-9-7-8-10-19-16-20(26(30)32-6)11-13-24(19)31-5/h11-14,16,29H,7,9,15,17H2,1-6H3.